The lowest BCUT2D eigenvalue weighted by Crippen LogP contribution is -2.36. The minimum Gasteiger partial charge on any atom is -0.456 e. The van der Waals surface area contributed by atoms with Gasteiger partial charge in [-0.1, -0.05) is 12.2 Å². The number of allylic oxidation sites excluding steroid dienone is 2. The second kappa shape index (κ2) is 4.01. The van der Waals surface area contributed by atoms with Crippen molar-refractivity contribution in [3.8, 4) is 0 Å². The molecule has 4 aliphatic rings. The Morgan fingerprint density at radius 3 is 2.50 bits per heavy atom. The third-order valence-corrected chi connectivity index (χ3v) is 5.95. The summed E-state index contributed by atoms with van der Waals surface area (Å²) >= 11 is 0. The quantitative estimate of drug-likeness (QED) is 0.443. The Kier molecular flexibility index (Phi) is 2.55. The number of halogens is 3. The van der Waals surface area contributed by atoms with E-state index in [1.807, 2.05) is 0 Å². The highest BCUT2D eigenvalue weighted by molar-refractivity contribution is 5.73. The molecule has 0 aromatic heterocycles. The first-order valence-corrected chi connectivity index (χ1v) is 7.36. The van der Waals surface area contributed by atoms with Gasteiger partial charge in [0.25, 0.3) is 0 Å². The lowest BCUT2D eigenvalue weighted by Gasteiger charge is -2.35. The van der Waals surface area contributed by atoms with Gasteiger partial charge >= 0.3 is 12.1 Å². The number of fused-ring (bicyclic) bond motifs is 9. The molecule has 0 aromatic carbocycles. The van der Waals surface area contributed by atoms with E-state index in [0.29, 0.717) is 29.6 Å². The molecule has 0 aromatic rings. The molecule has 5 heteroatoms. The van der Waals surface area contributed by atoms with Crippen molar-refractivity contribution in [2.45, 2.75) is 25.4 Å². The maximum Gasteiger partial charge on any atom is 0.422 e. The van der Waals surface area contributed by atoms with Gasteiger partial charge in [0.15, 0.2) is 6.61 Å². The second-order valence-electron chi connectivity index (χ2n) is 6.83. The molecule has 4 bridgehead atoms. The number of esters is 1. The van der Waals surface area contributed by atoms with Crippen molar-refractivity contribution in [1.29, 1.82) is 0 Å². The molecule has 0 saturated heterocycles. The Morgan fingerprint density at radius 2 is 1.80 bits per heavy atom. The molecular formula is C15H17F3O2. The molecule has 7 unspecified atom stereocenters. The minimum atomic E-state index is -4.43. The molecule has 7 atom stereocenters. The molecule has 2 nitrogen and oxygen atoms in total. The van der Waals surface area contributed by atoms with Crippen LogP contribution in [0.2, 0.25) is 0 Å². The van der Waals surface area contributed by atoms with Crippen LogP contribution in [-0.2, 0) is 9.53 Å². The summed E-state index contributed by atoms with van der Waals surface area (Å²) in [6, 6.07) is 0. The predicted molar refractivity (Wildman–Crippen MR) is 64.4 cm³/mol. The molecule has 0 heterocycles. The third-order valence-electron chi connectivity index (χ3n) is 5.95. The highest BCUT2D eigenvalue weighted by Gasteiger charge is 2.62. The van der Waals surface area contributed by atoms with E-state index < -0.39 is 18.8 Å². The van der Waals surface area contributed by atoms with Crippen molar-refractivity contribution in [3.05, 3.63) is 12.2 Å². The topological polar surface area (TPSA) is 26.3 Å². The summed E-state index contributed by atoms with van der Waals surface area (Å²) in [5.74, 6) is 2.27. The molecule has 0 radical (unpaired) electrons. The first-order valence-electron chi connectivity index (χ1n) is 7.36. The van der Waals surface area contributed by atoms with Gasteiger partial charge in [-0.2, -0.15) is 13.2 Å². The van der Waals surface area contributed by atoms with Crippen molar-refractivity contribution in [1.82, 2.24) is 0 Å². The number of hydrogen-bond donors (Lipinski definition) is 0. The molecular weight excluding hydrogens is 269 g/mol. The summed E-state index contributed by atoms with van der Waals surface area (Å²) in [5, 5.41) is 0. The number of rotatable bonds is 2. The van der Waals surface area contributed by atoms with Crippen LogP contribution in [0.25, 0.3) is 0 Å². The summed E-state index contributed by atoms with van der Waals surface area (Å²) < 4.78 is 40.9. The van der Waals surface area contributed by atoms with Crippen molar-refractivity contribution >= 4 is 5.97 Å². The van der Waals surface area contributed by atoms with Gasteiger partial charge in [-0.15, -0.1) is 0 Å². The van der Waals surface area contributed by atoms with E-state index >= 15 is 0 Å². The molecule has 4 rings (SSSR count). The van der Waals surface area contributed by atoms with Crippen molar-refractivity contribution in [3.63, 3.8) is 0 Å². The Bertz CT molecular complexity index is 470. The normalized spacial score (nSPS) is 47.9. The fraction of sp³-hybridized carbons (Fsp3) is 0.800. The summed E-state index contributed by atoms with van der Waals surface area (Å²) in [7, 11) is 0. The highest BCUT2D eigenvalue weighted by Crippen LogP contribution is 2.67. The lowest BCUT2D eigenvalue weighted by atomic mass is 9.69. The second-order valence-corrected chi connectivity index (χ2v) is 6.83. The van der Waals surface area contributed by atoms with E-state index in [4.69, 9.17) is 0 Å². The number of hydrogen-bond acceptors (Lipinski definition) is 2. The smallest absolute Gasteiger partial charge is 0.422 e. The van der Waals surface area contributed by atoms with E-state index in [9.17, 15) is 18.0 Å². The van der Waals surface area contributed by atoms with E-state index in [-0.39, 0.29) is 11.8 Å². The zero-order valence-electron chi connectivity index (χ0n) is 11.0. The highest BCUT2D eigenvalue weighted by atomic mass is 19.4. The van der Waals surface area contributed by atoms with E-state index in [2.05, 4.69) is 16.9 Å². The first-order chi connectivity index (χ1) is 9.44. The van der Waals surface area contributed by atoms with Gasteiger partial charge in [-0.3, -0.25) is 4.79 Å². The van der Waals surface area contributed by atoms with Crippen LogP contribution in [0.1, 0.15) is 19.3 Å². The van der Waals surface area contributed by atoms with Crippen LogP contribution in [0.15, 0.2) is 12.2 Å². The Balaban J connectivity index is 1.45. The minimum absolute atomic E-state index is 0.255. The zero-order chi connectivity index (χ0) is 14.1. The summed E-state index contributed by atoms with van der Waals surface area (Å²) in [5.41, 5.74) is 0. The van der Waals surface area contributed by atoms with Gasteiger partial charge in [-0.25, -0.2) is 0 Å². The maximum absolute atomic E-state index is 12.1. The van der Waals surface area contributed by atoms with Gasteiger partial charge in [0.2, 0.25) is 0 Å². The van der Waals surface area contributed by atoms with Crippen molar-refractivity contribution in [2.75, 3.05) is 6.61 Å². The molecule has 3 saturated carbocycles. The van der Waals surface area contributed by atoms with Crippen LogP contribution in [0.5, 0.6) is 0 Å². The lowest BCUT2D eigenvalue weighted by molar-refractivity contribution is -0.191. The third kappa shape index (κ3) is 1.74. The van der Waals surface area contributed by atoms with E-state index in [1.54, 1.807) is 0 Å². The average Bonchev–Trinajstić information content (AvgIpc) is 3.10. The van der Waals surface area contributed by atoms with Gasteiger partial charge in [-0.05, 0) is 54.8 Å². The molecule has 20 heavy (non-hydrogen) atoms. The molecule has 110 valence electrons. The Morgan fingerprint density at radius 1 is 1.10 bits per heavy atom. The summed E-state index contributed by atoms with van der Waals surface area (Å²) in [6.45, 7) is -1.44. The fourth-order valence-corrected chi connectivity index (χ4v) is 5.55. The van der Waals surface area contributed by atoms with Gasteiger partial charge < -0.3 is 4.74 Å². The van der Waals surface area contributed by atoms with Gasteiger partial charge in [0.1, 0.15) is 0 Å². The zero-order valence-corrected chi connectivity index (χ0v) is 11.0. The number of ether oxygens (including phenoxy) is 1. The van der Waals surface area contributed by atoms with Crippen LogP contribution in [-0.4, -0.2) is 18.8 Å². The average molecular weight is 286 g/mol. The largest absolute Gasteiger partial charge is 0.456 e. The van der Waals surface area contributed by atoms with E-state index in [1.165, 1.54) is 6.42 Å². The van der Waals surface area contributed by atoms with Crippen LogP contribution in [0.4, 0.5) is 13.2 Å². The van der Waals surface area contributed by atoms with Crippen LogP contribution < -0.4 is 0 Å². The Labute approximate surface area is 115 Å². The predicted octanol–water partition coefficient (Wildman–Crippen LogP) is 3.19. The molecule has 0 spiro atoms. The van der Waals surface area contributed by atoms with Gasteiger partial charge in [0, 0.05) is 0 Å². The number of carbonyl (C=O) groups is 1. The molecule has 0 N–H and O–H groups in total. The van der Waals surface area contributed by atoms with E-state index in [0.717, 1.165) is 12.8 Å². The fourth-order valence-electron chi connectivity index (χ4n) is 5.55. The van der Waals surface area contributed by atoms with Crippen LogP contribution in [0.3, 0.4) is 0 Å². The Hall–Kier alpha value is -1.00. The van der Waals surface area contributed by atoms with Crippen molar-refractivity contribution in [2.24, 2.45) is 41.4 Å². The monoisotopic (exact) mass is 286 g/mol. The maximum atomic E-state index is 12.1. The van der Waals surface area contributed by atoms with Crippen LogP contribution >= 0.6 is 0 Å². The SMILES string of the molecule is O=C(OCC(F)(F)F)C1CC2CC1C1C3C=CC(C3)C21. The number of carbonyl (C=O) groups excluding carboxylic acids is 1. The molecule has 0 aliphatic heterocycles. The van der Waals surface area contributed by atoms with Gasteiger partial charge in [0.05, 0.1) is 5.92 Å². The van der Waals surface area contributed by atoms with Crippen molar-refractivity contribution < 1.29 is 22.7 Å². The molecule has 0 amide bonds. The molecule has 4 aliphatic carbocycles. The first kappa shape index (κ1) is 12.7. The number of alkyl halides is 3. The standard InChI is InChI=1S/C15H17F3O2/c16-15(17,18)6-20-14(19)11-5-9-4-10(11)13-8-2-1-7(3-8)12(9)13/h1-2,7-13H,3-6H2. The van der Waals surface area contributed by atoms with Crippen LogP contribution in [0, 0.1) is 41.4 Å². The molecule has 3 fully saturated rings. The summed E-state index contributed by atoms with van der Waals surface area (Å²) in [6.07, 6.45) is 3.07. The summed E-state index contributed by atoms with van der Waals surface area (Å²) in [4.78, 5) is 11.9.